The van der Waals surface area contributed by atoms with Crippen LogP contribution in [0.4, 0.5) is 0 Å². The lowest BCUT2D eigenvalue weighted by Crippen LogP contribution is -2.28. The minimum Gasteiger partial charge on any atom is -0.497 e. The number of benzene rings is 1. The highest BCUT2D eigenvalue weighted by Gasteiger charge is 2.24. The van der Waals surface area contributed by atoms with E-state index in [9.17, 15) is 0 Å². The predicted molar refractivity (Wildman–Crippen MR) is 87.1 cm³/mol. The molecule has 21 heavy (non-hydrogen) atoms. The quantitative estimate of drug-likeness (QED) is 0.749. The van der Waals surface area contributed by atoms with E-state index in [0.29, 0.717) is 0 Å². The largest absolute Gasteiger partial charge is 0.497 e. The minimum absolute atomic E-state index is 0.755. The Morgan fingerprint density at radius 3 is 2.43 bits per heavy atom. The average molecular weight is 291 g/mol. The zero-order valence-corrected chi connectivity index (χ0v) is 13.4. The van der Waals surface area contributed by atoms with Gasteiger partial charge < -0.3 is 14.8 Å². The van der Waals surface area contributed by atoms with Crippen molar-refractivity contribution in [2.45, 2.75) is 39.0 Å². The van der Waals surface area contributed by atoms with E-state index in [1.807, 2.05) is 24.3 Å². The fourth-order valence-electron chi connectivity index (χ4n) is 3.26. The Morgan fingerprint density at radius 1 is 1.14 bits per heavy atom. The first kappa shape index (κ1) is 16.2. The summed E-state index contributed by atoms with van der Waals surface area (Å²) in [6.07, 6.45) is 6.76. The highest BCUT2D eigenvalue weighted by molar-refractivity contribution is 5.31. The molecule has 0 aliphatic heterocycles. The van der Waals surface area contributed by atoms with Gasteiger partial charge in [-0.2, -0.15) is 0 Å². The summed E-state index contributed by atoms with van der Waals surface area (Å²) in [5.74, 6) is 3.46. The molecular formula is C18H29NO2. The molecule has 1 unspecified atom stereocenters. The third-order valence-corrected chi connectivity index (χ3v) is 4.54. The van der Waals surface area contributed by atoms with E-state index in [1.165, 1.54) is 25.7 Å². The van der Waals surface area contributed by atoms with Crippen molar-refractivity contribution in [3.05, 3.63) is 24.3 Å². The fourth-order valence-corrected chi connectivity index (χ4v) is 3.26. The van der Waals surface area contributed by atoms with Crippen LogP contribution < -0.4 is 14.8 Å². The number of rotatable bonds is 9. The van der Waals surface area contributed by atoms with Crippen molar-refractivity contribution < 1.29 is 9.47 Å². The number of methoxy groups -OCH3 is 1. The van der Waals surface area contributed by atoms with Crippen molar-refractivity contribution in [3.63, 3.8) is 0 Å². The van der Waals surface area contributed by atoms with Gasteiger partial charge in [-0.1, -0.05) is 32.6 Å². The van der Waals surface area contributed by atoms with Crippen LogP contribution >= 0.6 is 0 Å². The van der Waals surface area contributed by atoms with Gasteiger partial charge in [0.1, 0.15) is 11.5 Å². The van der Waals surface area contributed by atoms with Gasteiger partial charge in [-0.05, 0) is 55.6 Å². The highest BCUT2D eigenvalue weighted by atomic mass is 16.5. The molecule has 118 valence electrons. The maximum atomic E-state index is 5.89. The molecule has 0 spiro atoms. The van der Waals surface area contributed by atoms with E-state index in [4.69, 9.17) is 9.47 Å². The molecule has 1 fully saturated rings. The molecule has 0 radical (unpaired) electrons. The van der Waals surface area contributed by atoms with Crippen molar-refractivity contribution in [2.24, 2.45) is 11.8 Å². The van der Waals surface area contributed by atoms with Crippen LogP contribution in [0.15, 0.2) is 24.3 Å². The van der Waals surface area contributed by atoms with Gasteiger partial charge in [0.25, 0.3) is 0 Å². The van der Waals surface area contributed by atoms with Gasteiger partial charge in [-0.15, -0.1) is 0 Å². The first-order chi connectivity index (χ1) is 10.3. The van der Waals surface area contributed by atoms with Gasteiger partial charge in [0, 0.05) is 0 Å². The van der Waals surface area contributed by atoms with Crippen LogP contribution in [-0.2, 0) is 0 Å². The lowest BCUT2D eigenvalue weighted by Gasteiger charge is -2.23. The minimum atomic E-state index is 0.755. The number of hydrogen-bond acceptors (Lipinski definition) is 3. The number of hydrogen-bond donors (Lipinski definition) is 1. The summed E-state index contributed by atoms with van der Waals surface area (Å²) in [5.41, 5.74) is 0. The Balaban J connectivity index is 1.77. The van der Waals surface area contributed by atoms with Crippen LogP contribution in [0.3, 0.4) is 0 Å². The average Bonchev–Trinajstić information content (AvgIpc) is 3.05. The van der Waals surface area contributed by atoms with Crippen LogP contribution in [-0.4, -0.2) is 26.8 Å². The Hall–Kier alpha value is -1.22. The normalized spacial score (nSPS) is 16.9. The van der Waals surface area contributed by atoms with Gasteiger partial charge in [0.05, 0.1) is 13.7 Å². The van der Waals surface area contributed by atoms with Crippen molar-refractivity contribution in [3.8, 4) is 11.5 Å². The van der Waals surface area contributed by atoms with Crippen molar-refractivity contribution >= 4 is 0 Å². The standard InChI is InChI=1S/C18H29NO2/c1-3-19-14-16(15-6-4-5-7-15)12-13-21-18-10-8-17(20-2)9-11-18/h8-11,15-16,19H,3-7,12-14H2,1-2H3. The molecule has 1 aliphatic carbocycles. The van der Waals surface area contributed by atoms with E-state index in [2.05, 4.69) is 12.2 Å². The summed E-state index contributed by atoms with van der Waals surface area (Å²) in [5, 5.41) is 3.52. The summed E-state index contributed by atoms with van der Waals surface area (Å²) in [6.45, 7) is 5.17. The maximum absolute atomic E-state index is 5.89. The zero-order valence-electron chi connectivity index (χ0n) is 13.4. The van der Waals surface area contributed by atoms with Gasteiger partial charge in [0.15, 0.2) is 0 Å². The first-order valence-corrected chi connectivity index (χ1v) is 8.31. The third-order valence-electron chi connectivity index (χ3n) is 4.54. The Bertz CT molecular complexity index is 385. The summed E-state index contributed by atoms with van der Waals surface area (Å²) < 4.78 is 11.1. The van der Waals surface area contributed by atoms with Crippen LogP contribution in [0.5, 0.6) is 11.5 Å². The highest BCUT2D eigenvalue weighted by Crippen LogP contribution is 2.33. The molecule has 3 nitrogen and oxygen atoms in total. The van der Waals surface area contributed by atoms with Crippen molar-refractivity contribution in [2.75, 3.05) is 26.8 Å². The smallest absolute Gasteiger partial charge is 0.119 e. The second kappa shape index (κ2) is 8.93. The van der Waals surface area contributed by atoms with E-state index >= 15 is 0 Å². The Kier molecular flexibility index (Phi) is 6.87. The molecule has 3 heteroatoms. The summed E-state index contributed by atoms with van der Waals surface area (Å²) in [7, 11) is 1.68. The molecule has 1 N–H and O–H groups in total. The molecule has 1 saturated carbocycles. The molecule has 0 saturated heterocycles. The molecule has 1 atom stereocenters. The second-order valence-electron chi connectivity index (χ2n) is 5.92. The molecule has 0 aromatic heterocycles. The number of ether oxygens (including phenoxy) is 2. The van der Waals surface area contributed by atoms with Gasteiger partial charge >= 0.3 is 0 Å². The monoisotopic (exact) mass is 291 g/mol. The molecule has 0 heterocycles. The maximum Gasteiger partial charge on any atom is 0.119 e. The van der Waals surface area contributed by atoms with Crippen LogP contribution in [0.2, 0.25) is 0 Å². The van der Waals surface area contributed by atoms with E-state index < -0.39 is 0 Å². The Labute approximate surface area is 129 Å². The van der Waals surface area contributed by atoms with Crippen LogP contribution in [0.25, 0.3) is 0 Å². The lowest BCUT2D eigenvalue weighted by atomic mass is 9.88. The third kappa shape index (κ3) is 5.24. The van der Waals surface area contributed by atoms with Crippen molar-refractivity contribution in [1.82, 2.24) is 5.32 Å². The molecule has 0 bridgehead atoms. The van der Waals surface area contributed by atoms with Gasteiger partial charge in [0.2, 0.25) is 0 Å². The first-order valence-electron chi connectivity index (χ1n) is 8.31. The molecular weight excluding hydrogens is 262 g/mol. The van der Waals surface area contributed by atoms with E-state index in [1.54, 1.807) is 7.11 Å². The van der Waals surface area contributed by atoms with Gasteiger partial charge in [-0.3, -0.25) is 0 Å². The molecule has 0 amide bonds. The fraction of sp³-hybridized carbons (Fsp3) is 0.667. The summed E-state index contributed by atoms with van der Waals surface area (Å²) >= 11 is 0. The molecule has 1 aromatic carbocycles. The van der Waals surface area contributed by atoms with Crippen molar-refractivity contribution in [1.29, 1.82) is 0 Å². The predicted octanol–water partition coefficient (Wildman–Crippen LogP) is 3.88. The summed E-state index contributed by atoms with van der Waals surface area (Å²) in [6, 6.07) is 7.85. The molecule has 1 aliphatic rings. The molecule has 1 aromatic rings. The van der Waals surface area contributed by atoms with Gasteiger partial charge in [-0.25, -0.2) is 0 Å². The van der Waals surface area contributed by atoms with Crippen LogP contribution in [0, 0.1) is 11.8 Å². The van der Waals surface area contributed by atoms with E-state index in [0.717, 1.165) is 49.5 Å². The second-order valence-corrected chi connectivity index (χ2v) is 5.92. The van der Waals surface area contributed by atoms with E-state index in [-0.39, 0.29) is 0 Å². The molecule has 2 rings (SSSR count). The topological polar surface area (TPSA) is 30.5 Å². The summed E-state index contributed by atoms with van der Waals surface area (Å²) in [4.78, 5) is 0. The lowest BCUT2D eigenvalue weighted by molar-refractivity contribution is 0.230. The Morgan fingerprint density at radius 2 is 1.81 bits per heavy atom. The SMILES string of the molecule is CCNCC(CCOc1ccc(OC)cc1)C1CCCC1. The van der Waals surface area contributed by atoms with Crippen LogP contribution in [0.1, 0.15) is 39.0 Å². The number of nitrogens with one attached hydrogen (secondary N) is 1. The zero-order chi connectivity index (χ0) is 14.9.